The van der Waals surface area contributed by atoms with Crippen molar-refractivity contribution in [2.45, 2.75) is 9.67 Å². The summed E-state index contributed by atoms with van der Waals surface area (Å²) in [7, 11) is 0. The lowest BCUT2D eigenvalue weighted by Crippen LogP contribution is -2.24. The second-order valence-corrected chi connectivity index (χ2v) is 3.99. The number of hydrogen-bond acceptors (Lipinski definition) is 1. The Morgan fingerprint density at radius 1 is 0.900 bits per heavy atom. The van der Waals surface area contributed by atoms with Gasteiger partial charge in [0, 0.05) is 13.1 Å². The smallest absolute Gasteiger partial charge is 0.120 e. The van der Waals surface area contributed by atoms with Gasteiger partial charge in [-0.25, -0.2) is 0 Å². The fraction of sp³-hybridized carbons (Fsp3) is 1.00. The highest BCUT2D eigenvalue weighted by molar-refractivity contribution is 6.45. The topological polar surface area (TPSA) is 12.0 Å². The molecule has 1 N–H and O–H groups in total. The van der Waals surface area contributed by atoms with Crippen molar-refractivity contribution in [2.75, 3.05) is 13.1 Å². The van der Waals surface area contributed by atoms with Gasteiger partial charge in [0.25, 0.3) is 0 Å². The number of nitrogens with one attached hydrogen (secondary N) is 1. The van der Waals surface area contributed by atoms with Crippen LogP contribution in [0.25, 0.3) is 0 Å². The van der Waals surface area contributed by atoms with E-state index in [1.54, 1.807) is 0 Å². The van der Waals surface area contributed by atoms with E-state index in [1.807, 2.05) is 0 Å². The lowest BCUT2D eigenvalue weighted by molar-refractivity contribution is 0.738. The van der Waals surface area contributed by atoms with Crippen molar-refractivity contribution in [1.82, 2.24) is 5.32 Å². The second kappa shape index (κ2) is 8.51. The molecular weight excluding hydrogens is 239 g/mol. The average molecular weight is 247 g/mol. The third kappa shape index (κ3) is 12.1. The molecule has 0 heterocycles. The molecule has 0 aliphatic rings. The summed E-state index contributed by atoms with van der Waals surface area (Å²) in [4.78, 5) is -0.783. The number of halogens is 5. The molecule has 0 amide bonds. The molecule has 0 aliphatic heterocycles. The maximum Gasteiger partial charge on any atom is 0.120 e. The van der Waals surface area contributed by atoms with Crippen molar-refractivity contribution in [3.63, 3.8) is 0 Å². The molecule has 0 fully saturated rings. The van der Waals surface area contributed by atoms with Crippen molar-refractivity contribution >= 4 is 58.8 Å². The molecule has 0 aromatic heterocycles. The van der Waals surface area contributed by atoms with Crippen LogP contribution in [0, 0.1) is 0 Å². The Balaban J connectivity index is 0. The molecule has 0 saturated heterocycles. The average Bonchev–Trinajstić information content (AvgIpc) is 1.63. The molecular formula is C4H8Cl5N. The Labute approximate surface area is 86.8 Å². The first-order valence-electron chi connectivity index (χ1n) is 2.40. The van der Waals surface area contributed by atoms with E-state index in [9.17, 15) is 0 Å². The van der Waals surface area contributed by atoms with Crippen LogP contribution in [0.3, 0.4) is 0 Å². The zero-order valence-corrected chi connectivity index (χ0v) is 8.83. The minimum atomic E-state index is -0.392. The van der Waals surface area contributed by atoms with E-state index in [1.165, 1.54) is 0 Å². The first-order valence-corrected chi connectivity index (χ1v) is 4.14. The van der Waals surface area contributed by atoms with Crippen LogP contribution in [0.5, 0.6) is 0 Å². The fourth-order valence-corrected chi connectivity index (χ4v) is 0.738. The van der Waals surface area contributed by atoms with Gasteiger partial charge in [-0.1, -0.05) is 0 Å². The summed E-state index contributed by atoms with van der Waals surface area (Å²) in [5.41, 5.74) is 0. The molecule has 0 spiro atoms. The van der Waals surface area contributed by atoms with E-state index in [4.69, 9.17) is 46.4 Å². The first-order chi connectivity index (χ1) is 4.13. The van der Waals surface area contributed by atoms with Crippen molar-refractivity contribution in [3.8, 4) is 0 Å². The Kier molecular flexibility index (Phi) is 11.9. The van der Waals surface area contributed by atoms with Crippen LogP contribution in [0.1, 0.15) is 0 Å². The SMILES string of the molecule is Cl.ClC(Cl)CNCC(Cl)Cl. The van der Waals surface area contributed by atoms with Gasteiger partial charge in [0.15, 0.2) is 0 Å². The maximum absolute atomic E-state index is 5.38. The molecule has 0 aromatic carbocycles. The van der Waals surface area contributed by atoms with Gasteiger partial charge in [0.2, 0.25) is 0 Å². The second-order valence-electron chi connectivity index (χ2n) is 1.44. The van der Waals surface area contributed by atoms with Crippen molar-refractivity contribution in [1.29, 1.82) is 0 Å². The Bertz CT molecular complexity index is 58.7. The summed E-state index contributed by atoms with van der Waals surface area (Å²) in [6.07, 6.45) is 0. The van der Waals surface area contributed by atoms with Crippen molar-refractivity contribution in [3.05, 3.63) is 0 Å². The van der Waals surface area contributed by atoms with Crippen LogP contribution in [0.2, 0.25) is 0 Å². The zero-order valence-electron chi connectivity index (χ0n) is 4.99. The number of hydrogen-bond donors (Lipinski definition) is 1. The van der Waals surface area contributed by atoms with Crippen LogP contribution < -0.4 is 5.32 Å². The van der Waals surface area contributed by atoms with Crippen LogP contribution in [0.4, 0.5) is 0 Å². The van der Waals surface area contributed by atoms with Crippen LogP contribution >= 0.6 is 58.8 Å². The van der Waals surface area contributed by atoms with Crippen LogP contribution in [0.15, 0.2) is 0 Å². The third-order valence-electron chi connectivity index (χ3n) is 0.597. The molecule has 0 aromatic rings. The molecule has 0 aliphatic carbocycles. The molecule has 0 bridgehead atoms. The minimum Gasteiger partial charge on any atom is -0.311 e. The van der Waals surface area contributed by atoms with Gasteiger partial charge in [-0.15, -0.1) is 58.8 Å². The molecule has 10 heavy (non-hydrogen) atoms. The Morgan fingerprint density at radius 3 is 1.40 bits per heavy atom. The number of rotatable bonds is 4. The molecule has 0 unspecified atom stereocenters. The summed E-state index contributed by atoms with van der Waals surface area (Å²) in [5, 5.41) is 2.86. The molecule has 6 heteroatoms. The standard InChI is InChI=1S/C4H7Cl4N.ClH/c5-3(6)1-9-2-4(7)8;/h3-4,9H,1-2H2;1H. The van der Waals surface area contributed by atoms with Crippen LogP contribution in [-0.2, 0) is 0 Å². The third-order valence-corrected chi connectivity index (χ3v) is 1.21. The van der Waals surface area contributed by atoms with E-state index >= 15 is 0 Å². The van der Waals surface area contributed by atoms with Crippen molar-refractivity contribution in [2.24, 2.45) is 0 Å². The quantitative estimate of drug-likeness (QED) is 0.753. The highest BCUT2D eigenvalue weighted by atomic mass is 35.5. The maximum atomic E-state index is 5.38. The molecule has 0 radical (unpaired) electrons. The first kappa shape index (κ1) is 14.0. The normalized spacial score (nSPS) is 10.2. The van der Waals surface area contributed by atoms with Gasteiger partial charge in [-0.2, -0.15) is 0 Å². The van der Waals surface area contributed by atoms with Gasteiger partial charge in [0.05, 0.1) is 0 Å². The monoisotopic (exact) mass is 245 g/mol. The van der Waals surface area contributed by atoms with Crippen molar-refractivity contribution < 1.29 is 0 Å². The largest absolute Gasteiger partial charge is 0.311 e. The van der Waals surface area contributed by atoms with Crippen LogP contribution in [-0.4, -0.2) is 22.8 Å². The summed E-state index contributed by atoms with van der Waals surface area (Å²) in [6, 6.07) is 0. The van der Waals surface area contributed by atoms with Gasteiger partial charge < -0.3 is 5.32 Å². The summed E-state index contributed by atoms with van der Waals surface area (Å²) in [5.74, 6) is 0. The Hall–Kier alpha value is 1.41. The molecule has 0 saturated carbocycles. The molecule has 0 rings (SSSR count). The van der Waals surface area contributed by atoms with Gasteiger partial charge in [-0.3, -0.25) is 0 Å². The molecule has 1 nitrogen and oxygen atoms in total. The van der Waals surface area contributed by atoms with E-state index in [0.29, 0.717) is 13.1 Å². The molecule has 64 valence electrons. The predicted octanol–water partition coefficient (Wildman–Crippen LogP) is 2.61. The summed E-state index contributed by atoms with van der Waals surface area (Å²) in [6.45, 7) is 1.03. The fourth-order valence-electron chi connectivity index (χ4n) is 0.302. The lowest BCUT2D eigenvalue weighted by atomic mass is 10.6. The Morgan fingerprint density at radius 2 is 1.20 bits per heavy atom. The van der Waals surface area contributed by atoms with Gasteiger partial charge in [0.1, 0.15) is 9.67 Å². The van der Waals surface area contributed by atoms with Gasteiger partial charge in [-0.05, 0) is 0 Å². The zero-order chi connectivity index (χ0) is 7.28. The summed E-state index contributed by atoms with van der Waals surface area (Å²) >= 11 is 21.5. The van der Waals surface area contributed by atoms with E-state index in [2.05, 4.69) is 5.32 Å². The molecule has 0 atom stereocenters. The number of alkyl halides is 4. The summed E-state index contributed by atoms with van der Waals surface area (Å²) < 4.78 is 0. The van der Waals surface area contributed by atoms with Gasteiger partial charge >= 0.3 is 0 Å². The van der Waals surface area contributed by atoms with E-state index in [0.717, 1.165) is 0 Å². The minimum absolute atomic E-state index is 0. The highest BCUT2D eigenvalue weighted by Crippen LogP contribution is 2.01. The highest BCUT2D eigenvalue weighted by Gasteiger charge is 1.99. The van der Waals surface area contributed by atoms with E-state index < -0.39 is 9.67 Å². The predicted molar refractivity (Wildman–Crippen MR) is 51.1 cm³/mol. The van der Waals surface area contributed by atoms with E-state index in [-0.39, 0.29) is 12.4 Å². The lowest BCUT2D eigenvalue weighted by Gasteiger charge is -2.03.